The highest BCUT2D eigenvalue weighted by Gasteiger charge is 1.98. The molecular weight excluding hydrogens is 170 g/mol. The lowest BCUT2D eigenvalue weighted by molar-refractivity contribution is -0.133. The van der Waals surface area contributed by atoms with E-state index in [1.54, 1.807) is 6.07 Å². The summed E-state index contributed by atoms with van der Waals surface area (Å²) in [4.78, 5) is 10.6. The van der Waals surface area contributed by atoms with Crippen LogP contribution in [0.4, 0.5) is 0 Å². The zero-order chi connectivity index (χ0) is 9.68. The van der Waals surface area contributed by atoms with E-state index in [1.807, 2.05) is 6.92 Å². The summed E-state index contributed by atoms with van der Waals surface area (Å²) >= 11 is 0. The highest BCUT2D eigenvalue weighted by atomic mass is 16.5. The summed E-state index contributed by atoms with van der Waals surface area (Å²) in [7, 11) is 1.28. The van der Waals surface area contributed by atoms with Gasteiger partial charge in [0.1, 0.15) is 5.76 Å². The van der Waals surface area contributed by atoms with Gasteiger partial charge in [-0.15, -0.1) is 0 Å². The van der Waals surface area contributed by atoms with Crippen LogP contribution >= 0.6 is 0 Å². The molecule has 0 aliphatic rings. The summed E-state index contributed by atoms with van der Waals surface area (Å²) in [6.45, 7) is 1.94. The Morgan fingerprint density at radius 3 is 3.08 bits per heavy atom. The highest BCUT2D eigenvalue weighted by Crippen LogP contribution is 2.01. The normalized spacial score (nSPS) is 8.77. The van der Waals surface area contributed by atoms with Crippen molar-refractivity contribution in [3.8, 4) is 11.8 Å². The minimum Gasteiger partial charge on any atom is -0.459 e. The second-order valence-electron chi connectivity index (χ2n) is 2.27. The Labute approximate surface area is 75.9 Å². The SMILES string of the molecule is CCc1cc(C#CC(=O)OC)no1. The van der Waals surface area contributed by atoms with E-state index in [4.69, 9.17) is 4.52 Å². The van der Waals surface area contributed by atoms with Crippen LogP contribution in [-0.4, -0.2) is 18.2 Å². The molecule has 1 rings (SSSR count). The Bertz CT molecular complexity index is 356. The number of hydrogen-bond donors (Lipinski definition) is 0. The first-order chi connectivity index (χ1) is 6.26. The third-order valence-electron chi connectivity index (χ3n) is 1.39. The molecule has 0 aliphatic heterocycles. The number of nitrogens with zero attached hydrogens (tertiary/aromatic N) is 1. The van der Waals surface area contributed by atoms with Crippen LogP contribution < -0.4 is 0 Å². The van der Waals surface area contributed by atoms with Gasteiger partial charge >= 0.3 is 5.97 Å². The summed E-state index contributed by atoms with van der Waals surface area (Å²) in [6.07, 6.45) is 0.757. The van der Waals surface area contributed by atoms with E-state index in [2.05, 4.69) is 21.7 Å². The molecule has 0 saturated carbocycles. The molecule has 0 amide bonds. The molecule has 0 atom stereocenters. The molecule has 1 heterocycles. The third kappa shape index (κ3) is 2.64. The van der Waals surface area contributed by atoms with Crippen molar-refractivity contribution in [2.75, 3.05) is 7.11 Å². The molecule has 0 aromatic carbocycles. The van der Waals surface area contributed by atoms with Crippen molar-refractivity contribution in [3.05, 3.63) is 17.5 Å². The summed E-state index contributed by atoms with van der Waals surface area (Å²) in [6, 6.07) is 1.69. The van der Waals surface area contributed by atoms with Gasteiger partial charge in [-0.3, -0.25) is 0 Å². The van der Waals surface area contributed by atoms with Crippen LogP contribution in [-0.2, 0) is 16.0 Å². The van der Waals surface area contributed by atoms with E-state index in [0.717, 1.165) is 12.2 Å². The van der Waals surface area contributed by atoms with Crippen LogP contribution in [0.3, 0.4) is 0 Å². The van der Waals surface area contributed by atoms with E-state index < -0.39 is 5.97 Å². The Morgan fingerprint density at radius 2 is 2.54 bits per heavy atom. The topological polar surface area (TPSA) is 52.3 Å². The van der Waals surface area contributed by atoms with Crippen LogP contribution in [0.1, 0.15) is 18.4 Å². The Morgan fingerprint density at radius 1 is 1.77 bits per heavy atom. The third-order valence-corrected chi connectivity index (χ3v) is 1.39. The zero-order valence-corrected chi connectivity index (χ0v) is 7.46. The Balaban J connectivity index is 2.72. The molecule has 13 heavy (non-hydrogen) atoms. The summed E-state index contributed by atoms with van der Waals surface area (Å²) in [5.41, 5.74) is 0.447. The van der Waals surface area contributed by atoms with Gasteiger partial charge in [0.05, 0.1) is 7.11 Å². The number of ether oxygens (including phenoxy) is 1. The van der Waals surface area contributed by atoms with Gasteiger partial charge < -0.3 is 9.26 Å². The van der Waals surface area contributed by atoms with Crippen molar-refractivity contribution in [1.82, 2.24) is 5.16 Å². The van der Waals surface area contributed by atoms with Gasteiger partial charge in [0.25, 0.3) is 0 Å². The minimum absolute atomic E-state index is 0.447. The van der Waals surface area contributed by atoms with E-state index in [-0.39, 0.29) is 0 Å². The van der Waals surface area contributed by atoms with Gasteiger partial charge in [-0.05, 0) is 5.92 Å². The maximum absolute atomic E-state index is 10.6. The van der Waals surface area contributed by atoms with Gasteiger partial charge in [-0.25, -0.2) is 4.79 Å². The molecule has 0 unspecified atom stereocenters. The molecule has 0 radical (unpaired) electrons. The van der Waals surface area contributed by atoms with Gasteiger partial charge in [0.2, 0.25) is 0 Å². The second kappa shape index (κ2) is 4.31. The van der Waals surface area contributed by atoms with E-state index >= 15 is 0 Å². The maximum atomic E-state index is 10.6. The lowest BCUT2D eigenvalue weighted by Gasteiger charge is -1.82. The fourth-order valence-corrected chi connectivity index (χ4v) is 0.705. The molecule has 0 N–H and O–H groups in total. The van der Waals surface area contributed by atoms with Crippen LogP contribution in [0.15, 0.2) is 10.6 Å². The molecule has 4 nitrogen and oxygen atoms in total. The van der Waals surface area contributed by atoms with Gasteiger partial charge in [0.15, 0.2) is 5.69 Å². The minimum atomic E-state index is -0.582. The van der Waals surface area contributed by atoms with E-state index in [9.17, 15) is 4.79 Å². The van der Waals surface area contributed by atoms with Crippen molar-refractivity contribution in [2.24, 2.45) is 0 Å². The van der Waals surface area contributed by atoms with Crippen LogP contribution in [0, 0.1) is 11.8 Å². The lowest BCUT2D eigenvalue weighted by Crippen LogP contribution is -1.94. The van der Waals surface area contributed by atoms with Crippen LogP contribution in [0.25, 0.3) is 0 Å². The summed E-state index contributed by atoms with van der Waals surface area (Å²) < 4.78 is 9.21. The number of rotatable bonds is 1. The standard InChI is InChI=1S/C9H9NO3/c1-3-8-6-7(10-13-8)4-5-9(11)12-2/h6H,3H2,1-2H3. The van der Waals surface area contributed by atoms with Gasteiger partial charge in [0, 0.05) is 18.4 Å². The first-order valence-corrected chi connectivity index (χ1v) is 3.81. The molecule has 1 aromatic heterocycles. The average molecular weight is 179 g/mol. The predicted octanol–water partition coefficient (Wildman–Crippen LogP) is 0.762. The number of esters is 1. The lowest BCUT2D eigenvalue weighted by atomic mass is 10.3. The van der Waals surface area contributed by atoms with Crippen LogP contribution in [0.5, 0.6) is 0 Å². The second-order valence-corrected chi connectivity index (χ2v) is 2.27. The smallest absolute Gasteiger partial charge is 0.384 e. The molecule has 0 spiro atoms. The van der Waals surface area contributed by atoms with Crippen LogP contribution in [0.2, 0.25) is 0 Å². The highest BCUT2D eigenvalue weighted by molar-refractivity contribution is 5.88. The van der Waals surface area contributed by atoms with Crippen molar-refractivity contribution >= 4 is 5.97 Å². The number of aromatic nitrogens is 1. The first-order valence-electron chi connectivity index (χ1n) is 3.81. The number of aryl methyl sites for hydroxylation is 1. The van der Waals surface area contributed by atoms with Crippen molar-refractivity contribution < 1.29 is 14.1 Å². The first kappa shape index (κ1) is 9.33. The molecule has 1 aromatic rings. The predicted molar refractivity (Wildman–Crippen MR) is 44.8 cm³/mol. The Kier molecular flexibility index (Phi) is 3.09. The number of carbonyl (C=O) groups is 1. The largest absolute Gasteiger partial charge is 0.459 e. The molecule has 68 valence electrons. The monoisotopic (exact) mass is 179 g/mol. The number of hydrogen-bond acceptors (Lipinski definition) is 4. The molecule has 0 bridgehead atoms. The molecule has 4 heteroatoms. The zero-order valence-electron chi connectivity index (χ0n) is 7.46. The molecule has 0 aliphatic carbocycles. The average Bonchev–Trinajstić information content (AvgIpc) is 2.61. The van der Waals surface area contributed by atoms with Crippen molar-refractivity contribution in [3.63, 3.8) is 0 Å². The summed E-state index contributed by atoms with van der Waals surface area (Å²) in [5, 5.41) is 3.64. The van der Waals surface area contributed by atoms with Gasteiger partial charge in [-0.1, -0.05) is 12.1 Å². The molecular formula is C9H9NO3. The Hall–Kier alpha value is -1.76. The van der Waals surface area contributed by atoms with E-state index in [1.165, 1.54) is 7.11 Å². The fourth-order valence-electron chi connectivity index (χ4n) is 0.705. The van der Waals surface area contributed by atoms with Crippen molar-refractivity contribution in [2.45, 2.75) is 13.3 Å². The van der Waals surface area contributed by atoms with Gasteiger partial charge in [-0.2, -0.15) is 0 Å². The fraction of sp³-hybridized carbons (Fsp3) is 0.333. The number of methoxy groups -OCH3 is 1. The number of carbonyl (C=O) groups excluding carboxylic acids is 1. The quantitative estimate of drug-likeness (QED) is 0.471. The molecule has 0 saturated heterocycles. The van der Waals surface area contributed by atoms with E-state index in [0.29, 0.717) is 5.69 Å². The van der Waals surface area contributed by atoms with Crippen molar-refractivity contribution in [1.29, 1.82) is 0 Å². The summed E-state index contributed by atoms with van der Waals surface area (Å²) in [5.74, 6) is 4.94. The molecule has 0 fully saturated rings. The maximum Gasteiger partial charge on any atom is 0.384 e.